The van der Waals surface area contributed by atoms with E-state index in [1.54, 1.807) is 36.5 Å². The zero-order valence-electron chi connectivity index (χ0n) is 14.0. The monoisotopic (exact) mass is 399 g/mol. The zero-order chi connectivity index (χ0) is 18.7. The minimum Gasteiger partial charge on any atom is -0.387 e. The lowest BCUT2D eigenvalue weighted by Crippen LogP contribution is -2.56. The molecule has 0 saturated carbocycles. The van der Waals surface area contributed by atoms with Gasteiger partial charge in [-0.3, -0.25) is 4.90 Å². The summed E-state index contributed by atoms with van der Waals surface area (Å²) in [5, 5.41) is 24.4. The molecule has 5 unspecified atom stereocenters. The third-order valence-corrected chi connectivity index (χ3v) is 5.22. The summed E-state index contributed by atoms with van der Waals surface area (Å²) in [4.78, 5) is 1.53. The summed E-state index contributed by atoms with van der Waals surface area (Å²) in [6.45, 7) is 1.82. The van der Waals surface area contributed by atoms with Crippen LogP contribution in [0.5, 0.6) is 5.75 Å². The number of nitrogens with one attached hydrogen (secondary N) is 1. The summed E-state index contributed by atoms with van der Waals surface area (Å²) in [5.41, 5.74) is -1.60. The number of para-hydroxylation sites is 1. The highest BCUT2D eigenvalue weighted by Gasteiger charge is 2.55. The van der Waals surface area contributed by atoms with Gasteiger partial charge < -0.3 is 20.3 Å². The van der Waals surface area contributed by atoms with E-state index >= 15 is 0 Å². The van der Waals surface area contributed by atoms with Crippen LogP contribution in [-0.2, 0) is 13.8 Å². The number of aliphatic hydroxyl groups is 2. The van der Waals surface area contributed by atoms with Crippen LogP contribution < -0.4 is 9.84 Å². The van der Waals surface area contributed by atoms with Gasteiger partial charge in [0.2, 0.25) is 0 Å². The van der Waals surface area contributed by atoms with Gasteiger partial charge in [0, 0.05) is 17.3 Å². The van der Waals surface area contributed by atoms with Gasteiger partial charge in [0.1, 0.15) is 24.4 Å². The van der Waals surface area contributed by atoms with Crippen molar-refractivity contribution in [2.45, 2.75) is 31.0 Å². The molecule has 3 rings (SSSR count). The predicted molar refractivity (Wildman–Crippen MR) is 97.5 cm³/mol. The van der Waals surface area contributed by atoms with Crippen molar-refractivity contribution in [2.75, 3.05) is 13.2 Å². The first-order chi connectivity index (χ1) is 12.4. The number of ether oxygens (including phenoxy) is 1. The Kier molecular flexibility index (Phi) is 5.86. The van der Waals surface area contributed by atoms with Crippen LogP contribution in [0.3, 0.4) is 0 Å². The van der Waals surface area contributed by atoms with Crippen molar-refractivity contribution in [3.05, 3.63) is 42.6 Å². The summed E-state index contributed by atoms with van der Waals surface area (Å²) in [7, 11) is -2.45. The van der Waals surface area contributed by atoms with Crippen molar-refractivity contribution >= 4 is 25.6 Å². The fraction of sp³-hybridized carbons (Fsp3) is 0.438. The lowest BCUT2D eigenvalue weighted by atomic mass is 9.96. The van der Waals surface area contributed by atoms with E-state index in [1.165, 1.54) is 11.8 Å². The van der Waals surface area contributed by atoms with Gasteiger partial charge in [-0.25, -0.2) is 4.52 Å². The number of aliphatic hydroxyl groups excluding tert-OH is 1. The van der Waals surface area contributed by atoms with E-state index in [4.69, 9.17) is 26.0 Å². The fourth-order valence-corrected chi connectivity index (χ4v) is 3.62. The summed E-state index contributed by atoms with van der Waals surface area (Å²) >= 11 is 5.22. The van der Waals surface area contributed by atoms with E-state index in [0.29, 0.717) is 17.4 Å². The Morgan fingerprint density at radius 2 is 2.19 bits per heavy atom. The van der Waals surface area contributed by atoms with Crippen molar-refractivity contribution in [1.29, 1.82) is 0 Å². The maximum atomic E-state index is 11.9. The van der Waals surface area contributed by atoms with E-state index in [9.17, 15) is 14.8 Å². The fourth-order valence-electron chi connectivity index (χ4n) is 2.76. The number of rotatable bonds is 6. The van der Waals surface area contributed by atoms with Crippen LogP contribution in [0.25, 0.3) is 0 Å². The predicted octanol–water partition coefficient (Wildman–Crippen LogP) is 1.28. The van der Waals surface area contributed by atoms with Gasteiger partial charge in [0.25, 0.3) is 0 Å². The minimum absolute atomic E-state index is 0.215. The van der Waals surface area contributed by atoms with Crippen LogP contribution in [0.4, 0.5) is 0 Å². The molecule has 1 aromatic rings. The maximum Gasteiger partial charge on any atom is 0.750 e. The smallest absolute Gasteiger partial charge is 0.387 e. The number of nitrogens with zero attached hydrogens (tertiary/aromatic N) is 1. The highest BCUT2D eigenvalue weighted by molar-refractivity contribution is 7.80. The molecule has 2 heterocycles. The highest BCUT2D eigenvalue weighted by Crippen LogP contribution is 2.36. The largest absolute Gasteiger partial charge is 0.750 e. The Bertz CT molecular complexity index is 701. The zero-order valence-corrected chi connectivity index (χ0v) is 15.7. The van der Waals surface area contributed by atoms with Gasteiger partial charge in [0.05, 0.1) is 0 Å². The van der Waals surface area contributed by atoms with Crippen molar-refractivity contribution in [3.8, 4) is 5.75 Å². The third-order valence-electron chi connectivity index (χ3n) is 4.15. The standard InChI is InChI=1S/C16H19N2O6PS/c1-16(20)13(19)12(23-14(16)18-9-5-8-17-15(18)26)10-22-25(21)24-11-6-3-2-4-7-11/h2-7,9,12-14,19-20H,8,10H2,1H3/p+1. The quantitative estimate of drug-likeness (QED) is 0.482. The van der Waals surface area contributed by atoms with Gasteiger partial charge in [0.15, 0.2) is 17.1 Å². The Balaban J connectivity index is 1.60. The average molecular weight is 399 g/mol. The maximum absolute atomic E-state index is 11.9. The van der Waals surface area contributed by atoms with Gasteiger partial charge in [-0.2, -0.15) is 0 Å². The van der Waals surface area contributed by atoms with Crippen LogP contribution in [0.1, 0.15) is 6.92 Å². The first-order valence-corrected chi connectivity index (χ1v) is 9.52. The third kappa shape index (κ3) is 4.03. The molecule has 0 radical (unpaired) electrons. The second kappa shape index (κ2) is 7.96. The molecule has 2 aliphatic heterocycles. The Morgan fingerprint density at radius 3 is 2.88 bits per heavy atom. The summed E-state index contributed by atoms with van der Waals surface area (Å²) in [6.07, 6.45) is 0.441. The van der Waals surface area contributed by atoms with Crippen molar-refractivity contribution in [2.24, 2.45) is 0 Å². The first-order valence-electron chi connectivity index (χ1n) is 8.01. The van der Waals surface area contributed by atoms with Gasteiger partial charge in [-0.05, 0) is 37.4 Å². The molecule has 8 nitrogen and oxygen atoms in total. The molecular formula is C16H20N2O6PS+. The molecule has 2 aliphatic rings. The topological polar surface area (TPSA) is 100 Å². The summed E-state index contributed by atoms with van der Waals surface area (Å²) in [5.74, 6) is 0.404. The van der Waals surface area contributed by atoms with Crippen LogP contribution in [0.2, 0.25) is 0 Å². The number of thiocarbonyl (C=S) groups is 1. The highest BCUT2D eigenvalue weighted by atomic mass is 32.1. The lowest BCUT2D eigenvalue weighted by Gasteiger charge is -2.36. The van der Waals surface area contributed by atoms with Crippen molar-refractivity contribution in [3.63, 3.8) is 0 Å². The summed E-state index contributed by atoms with van der Waals surface area (Å²) in [6, 6.07) is 8.59. The lowest BCUT2D eigenvalue weighted by molar-refractivity contribution is -0.101. The summed E-state index contributed by atoms with van der Waals surface area (Å²) < 4.78 is 28.0. The van der Waals surface area contributed by atoms with Crippen LogP contribution >= 0.6 is 20.5 Å². The van der Waals surface area contributed by atoms with Gasteiger partial charge >= 0.3 is 8.25 Å². The Hall–Kier alpha value is -1.61. The molecule has 3 N–H and O–H groups in total. The van der Waals surface area contributed by atoms with Crippen molar-refractivity contribution < 1.29 is 28.6 Å². The van der Waals surface area contributed by atoms with Crippen molar-refractivity contribution in [1.82, 2.24) is 10.2 Å². The van der Waals surface area contributed by atoms with E-state index in [-0.39, 0.29) is 6.61 Å². The molecule has 5 atom stereocenters. The molecule has 140 valence electrons. The Labute approximate surface area is 157 Å². The minimum atomic E-state index is -2.45. The molecule has 0 aliphatic carbocycles. The SMILES string of the molecule is CC1(O)C(O)C(CO[P+](=O)Oc2ccccc2)OC1N1C=CCNC1=S. The van der Waals surface area contributed by atoms with Gasteiger partial charge in [-0.15, -0.1) is 4.52 Å². The van der Waals surface area contributed by atoms with Gasteiger partial charge in [-0.1, -0.05) is 18.2 Å². The van der Waals surface area contributed by atoms with Crippen LogP contribution in [0, 0.1) is 0 Å². The van der Waals surface area contributed by atoms with E-state index < -0.39 is 32.3 Å². The molecule has 1 saturated heterocycles. The molecule has 0 bridgehead atoms. The van der Waals surface area contributed by atoms with E-state index in [1.807, 2.05) is 6.08 Å². The molecular weight excluding hydrogens is 379 g/mol. The molecule has 1 aromatic carbocycles. The second-order valence-electron chi connectivity index (χ2n) is 6.10. The molecule has 0 aromatic heterocycles. The molecule has 1 fully saturated rings. The molecule has 0 spiro atoms. The van der Waals surface area contributed by atoms with E-state index in [2.05, 4.69) is 5.32 Å². The molecule has 0 amide bonds. The number of hydrogen-bond donors (Lipinski definition) is 3. The first kappa shape index (κ1) is 19.2. The number of benzene rings is 1. The normalized spacial score (nSPS) is 31.7. The molecule has 26 heavy (non-hydrogen) atoms. The second-order valence-corrected chi connectivity index (χ2v) is 7.37. The van der Waals surface area contributed by atoms with Crippen LogP contribution in [-0.4, -0.2) is 57.4 Å². The van der Waals surface area contributed by atoms with Crippen LogP contribution in [0.15, 0.2) is 42.6 Å². The Morgan fingerprint density at radius 1 is 1.46 bits per heavy atom. The van der Waals surface area contributed by atoms with E-state index in [0.717, 1.165) is 0 Å². The number of hydrogen-bond acceptors (Lipinski definition) is 7. The average Bonchev–Trinajstić information content (AvgIpc) is 2.84. The molecule has 10 heteroatoms.